The van der Waals surface area contributed by atoms with Crippen molar-refractivity contribution in [3.8, 4) is 0 Å². The third kappa shape index (κ3) is 3.53. The third-order valence-corrected chi connectivity index (χ3v) is 3.20. The van der Waals surface area contributed by atoms with Gasteiger partial charge in [-0.1, -0.05) is 15.9 Å². The summed E-state index contributed by atoms with van der Waals surface area (Å²) in [6.45, 7) is 3.82. The van der Waals surface area contributed by atoms with Crippen molar-refractivity contribution in [2.45, 2.75) is 26.6 Å². The van der Waals surface area contributed by atoms with Crippen LogP contribution in [0.5, 0.6) is 0 Å². The monoisotopic (exact) mass is 348 g/mol. The molecule has 0 bridgehead atoms. The van der Waals surface area contributed by atoms with Gasteiger partial charge in [0.15, 0.2) is 0 Å². The first kappa shape index (κ1) is 14.9. The average Bonchev–Trinajstić information content (AvgIpc) is 2.65. The lowest BCUT2D eigenvalue weighted by Gasteiger charge is -2.10. The number of halogens is 4. The van der Waals surface area contributed by atoms with Gasteiger partial charge in [0, 0.05) is 10.2 Å². The molecule has 0 aliphatic rings. The normalized spacial score (nSPS) is 11.7. The standard InChI is InChI=1S/C13H12BrF3N2O/c1-7-8(2)20-12(19-7)6-18-11-4-9(13(15,16)17)3-10(14)5-11/h3-5,18H,6H2,1-2H3. The summed E-state index contributed by atoms with van der Waals surface area (Å²) in [6.07, 6.45) is -4.38. The number of nitrogens with zero attached hydrogens (tertiary/aromatic N) is 1. The highest BCUT2D eigenvalue weighted by Gasteiger charge is 2.31. The fourth-order valence-electron chi connectivity index (χ4n) is 1.65. The SMILES string of the molecule is Cc1nc(CNc2cc(Br)cc(C(F)(F)F)c2)oc1C. The summed E-state index contributed by atoms with van der Waals surface area (Å²) in [4.78, 5) is 4.16. The minimum absolute atomic E-state index is 0.225. The lowest BCUT2D eigenvalue weighted by molar-refractivity contribution is -0.137. The summed E-state index contributed by atoms with van der Waals surface area (Å²) >= 11 is 3.07. The van der Waals surface area contributed by atoms with Crippen molar-refractivity contribution >= 4 is 21.6 Å². The molecule has 20 heavy (non-hydrogen) atoms. The first-order valence-electron chi connectivity index (χ1n) is 5.80. The fourth-order valence-corrected chi connectivity index (χ4v) is 2.14. The number of aromatic nitrogens is 1. The number of nitrogens with one attached hydrogen (secondary N) is 1. The summed E-state index contributed by atoms with van der Waals surface area (Å²) in [5, 5.41) is 2.87. The van der Waals surface area contributed by atoms with E-state index in [2.05, 4.69) is 26.2 Å². The molecule has 0 spiro atoms. The molecular weight excluding hydrogens is 337 g/mol. The van der Waals surface area contributed by atoms with Crippen molar-refractivity contribution < 1.29 is 17.6 Å². The number of hydrogen-bond acceptors (Lipinski definition) is 3. The van der Waals surface area contributed by atoms with Crippen LogP contribution in [0.15, 0.2) is 27.1 Å². The van der Waals surface area contributed by atoms with E-state index in [1.807, 2.05) is 6.92 Å². The van der Waals surface area contributed by atoms with Crippen LogP contribution in [0.2, 0.25) is 0 Å². The van der Waals surface area contributed by atoms with Gasteiger partial charge >= 0.3 is 6.18 Å². The van der Waals surface area contributed by atoms with Gasteiger partial charge in [0.2, 0.25) is 5.89 Å². The van der Waals surface area contributed by atoms with Crippen LogP contribution in [0.1, 0.15) is 22.9 Å². The van der Waals surface area contributed by atoms with Crippen LogP contribution < -0.4 is 5.32 Å². The van der Waals surface area contributed by atoms with Gasteiger partial charge in [-0.15, -0.1) is 0 Å². The zero-order valence-corrected chi connectivity index (χ0v) is 12.4. The topological polar surface area (TPSA) is 38.1 Å². The van der Waals surface area contributed by atoms with Gasteiger partial charge in [-0.2, -0.15) is 13.2 Å². The highest BCUT2D eigenvalue weighted by atomic mass is 79.9. The molecule has 1 aromatic carbocycles. The van der Waals surface area contributed by atoms with Gasteiger partial charge in [-0.05, 0) is 32.0 Å². The van der Waals surface area contributed by atoms with E-state index in [1.165, 1.54) is 0 Å². The highest BCUT2D eigenvalue weighted by Crippen LogP contribution is 2.33. The Kier molecular flexibility index (Phi) is 4.08. The Balaban J connectivity index is 2.15. The summed E-state index contributed by atoms with van der Waals surface area (Å²) in [7, 11) is 0. The molecule has 1 N–H and O–H groups in total. The molecule has 2 rings (SSSR count). The van der Waals surface area contributed by atoms with E-state index in [1.54, 1.807) is 13.0 Å². The van der Waals surface area contributed by atoms with Crippen molar-refractivity contribution in [3.05, 3.63) is 45.6 Å². The number of hydrogen-bond donors (Lipinski definition) is 1. The molecule has 1 heterocycles. The third-order valence-electron chi connectivity index (χ3n) is 2.74. The second-order valence-electron chi connectivity index (χ2n) is 4.33. The average molecular weight is 349 g/mol. The van der Waals surface area contributed by atoms with E-state index in [9.17, 15) is 13.2 Å². The van der Waals surface area contributed by atoms with Crippen LogP contribution in [0.4, 0.5) is 18.9 Å². The Morgan fingerprint density at radius 3 is 2.50 bits per heavy atom. The molecule has 0 fully saturated rings. The molecule has 1 aromatic heterocycles. The zero-order valence-electron chi connectivity index (χ0n) is 10.8. The van der Waals surface area contributed by atoms with Crippen LogP contribution in [-0.4, -0.2) is 4.98 Å². The predicted molar refractivity (Wildman–Crippen MR) is 72.4 cm³/mol. The van der Waals surface area contributed by atoms with E-state index in [0.717, 1.165) is 17.8 Å². The van der Waals surface area contributed by atoms with Gasteiger partial charge in [-0.3, -0.25) is 0 Å². The second-order valence-corrected chi connectivity index (χ2v) is 5.24. The lowest BCUT2D eigenvalue weighted by atomic mass is 10.2. The van der Waals surface area contributed by atoms with Gasteiger partial charge in [0.05, 0.1) is 17.8 Å². The molecule has 108 valence electrons. The molecule has 2 aromatic rings. The molecule has 0 unspecified atom stereocenters. The number of aryl methyl sites for hydroxylation is 2. The number of rotatable bonds is 3. The maximum atomic E-state index is 12.7. The van der Waals surface area contributed by atoms with Crippen molar-refractivity contribution in [1.29, 1.82) is 0 Å². The maximum absolute atomic E-state index is 12.7. The molecule has 0 atom stereocenters. The summed E-state index contributed by atoms with van der Waals surface area (Å²) in [5.41, 5.74) is 0.404. The number of benzene rings is 1. The second kappa shape index (κ2) is 5.47. The lowest BCUT2D eigenvalue weighted by Crippen LogP contribution is -2.07. The van der Waals surface area contributed by atoms with Crippen LogP contribution in [0.25, 0.3) is 0 Å². The Morgan fingerprint density at radius 1 is 1.25 bits per heavy atom. The van der Waals surface area contributed by atoms with Gasteiger partial charge in [0.25, 0.3) is 0 Å². The summed E-state index contributed by atoms with van der Waals surface area (Å²) in [6, 6.07) is 3.65. The quantitative estimate of drug-likeness (QED) is 0.874. The summed E-state index contributed by atoms with van der Waals surface area (Å²) in [5.74, 6) is 1.14. The maximum Gasteiger partial charge on any atom is 0.416 e. The van der Waals surface area contributed by atoms with Gasteiger partial charge in [0.1, 0.15) is 5.76 Å². The predicted octanol–water partition coefficient (Wildman–Crippen LogP) is 4.68. The van der Waals surface area contributed by atoms with E-state index >= 15 is 0 Å². The molecule has 0 radical (unpaired) electrons. The van der Waals surface area contributed by atoms with Crippen molar-refractivity contribution in [2.75, 3.05) is 5.32 Å². The smallest absolute Gasteiger partial charge is 0.416 e. The van der Waals surface area contributed by atoms with Crippen LogP contribution in [-0.2, 0) is 12.7 Å². The Morgan fingerprint density at radius 2 is 1.95 bits per heavy atom. The molecule has 0 aliphatic carbocycles. The first-order chi connectivity index (χ1) is 9.25. The van der Waals surface area contributed by atoms with Gasteiger partial charge in [-0.25, -0.2) is 4.98 Å². The van der Waals surface area contributed by atoms with Crippen LogP contribution in [0.3, 0.4) is 0 Å². The molecule has 0 saturated carbocycles. The van der Waals surface area contributed by atoms with E-state index in [4.69, 9.17) is 4.42 Å². The zero-order chi connectivity index (χ0) is 14.9. The Hall–Kier alpha value is -1.50. The largest absolute Gasteiger partial charge is 0.444 e. The van der Waals surface area contributed by atoms with E-state index < -0.39 is 11.7 Å². The van der Waals surface area contributed by atoms with Crippen LogP contribution in [0, 0.1) is 13.8 Å². The molecule has 7 heteroatoms. The van der Waals surface area contributed by atoms with Crippen molar-refractivity contribution in [2.24, 2.45) is 0 Å². The number of anilines is 1. The van der Waals surface area contributed by atoms with E-state index in [0.29, 0.717) is 21.8 Å². The molecule has 0 amide bonds. The number of alkyl halides is 3. The number of oxazole rings is 1. The Bertz CT molecular complexity index is 603. The minimum Gasteiger partial charge on any atom is -0.444 e. The molecular formula is C13H12BrF3N2O. The Labute approximate surface area is 122 Å². The fraction of sp³-hybridized carbons (Fsp3) is 0.308. The molecule has 0 saturated heterocycles. The van der Waals surface area contributed by atoms with Crippen LogP contribution >= 0.6 is 15.9 Å². The van der Waals surface area contributed by atoms with E-state index in [-0.39, 0.29) is 6.54 Å². The minimum atomic E-state index is -4.38. The van der Waals surface area contributed by atoms with Gasteiger partial charge < -0.3 is 9.73 Å². The first-order valence-corrected chi connectivity index (χ1v) is 6.59. The molecule has 0 aliphatic heterocycles. The highest BCUT2D eigenvalue weighted by molar-refractivity contribution is 9.10. The summed E-state index contributed by atoms with van der Waals surface area (Å²) < 4.78 is 43.8. The van der Waals surface area contributed by atoms with Crippen molar-refractivity contribution in [1.82, 2.24) is 4.98 Å². The van der Waals surface area contributed by atoms with Crippen molar-refractivity contribution in [3.63, 3.8) is 0 Å². The molecule has 3 nitrogen and oxygen atoms in total.